The second-order valence-electron chi connectivity index (χ2n) is 8.08. The van der Waals surface area contributed by atoms with Crippen LogP contribution in [0.2, 0.25) is 0 Å². The van der Waals surface area contributed by atoms with Crippen molar-refractivity contribution in [3.63, 3.8) is 0 Å². The number of likely N-dealkylation sites (tertiary alicyclic amines) is 1. The van der Waals surface area contributed by atoms with E-state index in [1.807, 2.05) is 36.6 Å². The Labute approximate surface area is 180 Å². The highest BCUT2D eigenvalue weighted by Gasteiger charge is 2.35. The Morgan fingerprint density at radius 3 is 2.69 bits per heavy atom. The van der Waals surface area contributed by atoms with E-state index in [1.165, 1.54) is 11.8 Å². The van der Waals surface area contributed by atoms with Crippen LogP contribution >= 0.6 is 24.0 Å². The molecule has 2 aliphatic rings. The first-order valence-electron chi connectivity index (χ1n) is 9.88. The molecular formula is C22H25N3O2S2. The van der Waals surface area contributed by atoms with Gasteiger partial charge in [-0.05, 0) is 55.5 Å². The van der Waals surface area contributed by atoms with Crippen LogP contribution in [0.25, 0.3) is 0 Å². The van der Waals surface area contributed by atoms with Crippen LogP contribution in [0.4, 0.5) is 5.69 Å². The Morgan fingerprint density at radius 1 is 1.17 bits per heavy atom. The normalized spacial score (nSPS) is 20.1. The Balaban J connectivity index is 1.35. The molecule has 0 aliphatic carbocycles. The molecule has 29 heavy (non-hydrogen) atoms. The molecule has 0 unspecified atom stereocenters. The highest BCUT2D eigenvalue weighted by atomic mass is 32.2. The molecule has 7 heteroatoms. The fraction of sp³-hybridized carbons (Fsp3) is 0.409. The Hall–Kier alpha value is -2.12. The highest BCUT2D eigenvalue weighted by Crippen LogP contribution is 2.36. The summed E-state index contributed by atoms with van der Waals surface area (Å²) < 4.78 is 2.69. The summed E-state index contributed by atoms with van der Waals surface area (Å²) in [6.07, 6.45) is 1.10. The summed E-state index contributed by atoms with van der Waals surface area (Å²) in [5.41, 5.74) is 4.28. The number of anilines is 1. The molecule has 152 valence electrons. The van der Waals surface area contributed by atoms with E-state index in [1.54, 1.807) is 6.07 Å². The number of fused-ring (bicyclic) bond motifs is 4. The summed E-state index contributed by atoms with van der Waals surface area (Å²) in [5, 5.41) is 2.97. The molecule has 1 fully saturated rings. The SMILES string of the molecule is Cc1cc(C)cc(NC(=O)CSC(=S)N2C[C@H]3C[C@H](C2)c2cccc(=O)n2C3)c1. The lowest BCUT2D eigenvalue weighted by Crippen LogP contribution is -2.48. The van der Waals surface area contributed by atoms with Gasteiger partial charge in [-0.3, -0.25) is 9.59 Å². The number of amides is 1. The van der Waals surface area contributed by atoms with Gasteiger partial charge in [-0.1, -0.05) is 36.1 Å². The standard InChI is InChI=1S/C22H25N3O2S2/c1-14-6-15(2)8-18(7-14)23-20(26)13-29-22(28)24-10-16-9-17(12-24)19-4-3-5-21(27)25(19)11-16/h3-8,16-17H,9-13H2,1-2H3,(H,23,26)/t16-,17-/m1/s1. The van der Waals surface area contributed by atoms with Gasteiger partial charge < -0.3 is 14.8 Å². The maximum Gasteiger partial charge on any atom is 0.250 e. The summed E-state index contributed by atoms with van der Waals surface area (Å²) in [6.45, 7) is 6.45. The number of carbonyl (C=O) groups excluding carboxylic acids is 1. The van der Waals surface area contributed by atoms with Crippen molar-refractivity contribution >= 4 is 39.9 Å². The fourth-order valence-electron chi connectivity index (χ4n) is 4.51. The van der Waals surface area contributed by atoms with Gasteiger partial charge in [0.05, 0.1) is 5.75 Å². The lowest BCUT2D eigenvalue weighted by molar-refractivity contribution is -0.113. The molecule has 2 bridgehead atoms. The topological polar surface area (TPSA) is 54.3 Å². The fourth-order valence-corrected chi connectivity index (χ4v) is 5.49. The zero-order valence-corrected chi connectivity index (χ0v) is 18.3. The summed E-state index contributed by atoms with van der Waals surface area (Å²) in [7, 11) is 0. The van der Waals surface area contributed by atoms with Crippen LogP contribution in [0.15, 0.2) is 41.2 Å². The number of aromatic nitrogens is 1. The van der Waals surface area contributed by atoms with Crippen LogP contribution in [0.1, 0.15) is 29.2 Å². The number of carbonyl (C=O) groups is 1. The minimum Gasteiger partial charge on any atom is -0.356 e. The number of aryl methyl sites for hydroxylation is 2. The van der Waals surface area contributed by atoms with Gasteiger partial charge in [-0.2, -0.15) is 0 Å². The minimum absolute atomic E-state index is 0.0450. The number of nitrogens with one attached hydrogen (secondary N) is 1. The van der Waals surface area contributed by atoms with Gasteiger partial charge in [0, 0.05) is 43.0 Å². The van der Waals surface area contributed by atoms with Crippen molar-refractivity contribution in [3.05, 3.63) is 63.6 Å². The molecule has 3 heterocycles. The number of nitrogens with zero attached hydrogens (tertiary/aromatic N) is 2. The molecule has 1 amide bonds. The number of thioether (sulfide) groups is 1. The summed E-state index contributed by atoms with van der Waals surface area (Å²) in [4.78, 5) is 26.7. The van der Waals surface area contributed by atoms with E-state index < -0.39 is 0 Å². The van der Waals surface area contributed by atoms with Crippen molar-refractivity contribution < 1.29 is 4.79 Å². The van der Waals surface area contributed by atoms with Crippen LogP contribution in [0.5, 0.6) is 0 Å². The molecule has 5 nitrogen and oxygen atoms in total. The lowest BCUT2D eigenvalue weighted by atomic mass is 9.83. The van der Waals surface area contributed by atoms with E-state index >= 15 is 0 Å². The van der Waals surface area contributed by atoms with Crippen LogP contribution in [-0.4, -0.2) is 38.5 Å². The van der Waals surface area contributed by atoms with Crippen LogP contribution < -0.4 is 10.9 Å². The molecular weight excluding hydrogens is 402 g/mol. The van der Waals surface area contributed by atoms with Crippen LogP contribution in [0.3, 0.4) is 0 Å². The number of hydrogen-bond acceptors (Lipinski definition) is 4. The Morgan fingerprint density at radius 2 is 1.93 bits per heavy atom. The van der Waals surface area contributed by atoms with Crippen molar-refractivity contribution in [1.82, 2.24) is 9.47 Å². The van der Waals surface area contributed by atoms with Crippen molar-refractivity contribution in [2.24, 2.45) is 5.92 Å². The average Bonchev–Trinajstić information content (AvgIpc) is 2.66. The van der Waals surface area contributed by atoms with E-state index in [2.05, 4.69) is 22.3 Å². The number of pyridine rings is 1. The predicted octanol–water partition coefficient (Wildman–Crippen LogP) is 3.54. The first-order chi connectivity index (χ1) is 13.9. The smallest absolute Gasteiger partial charge is 0.250 e. The molecule has 2 atom stereocenters. The van der Waals surface area contributed by atoms with Gasteiger partial charge >= 0.3 is 0 Å². The number of rotatable bonds is 3. The molecule has 1 N–H and O–H groups in total. The quantitative estimate of drug-likeness (QED) is 0.760. The van der Waals surface area contributed by atoms with E-state index in [0.717, 1.165) is 52.9 Å². The molecule has 2 aromatic rings. The number of thiocarbonyl (C=S) groups is 1. The van der Waals surface area contributed by atoms with Gasteiger partial charge in [0.1, 0.15) is 4.32 Å². The third-order valence-electron chi connectivity index (χ3n) is 5.57. The van der Waals surface area contributed by atoms with E-state index in [4.69, 9.17) is 12.2 Å². The molecule has 0 spiro atoms. The highest BCUT2D eigenvalue weighted by molar-refractivity contribution is 8.23. The van der Waals surface area contributed by atoms with Crippen molar-refractivity contribution in [2.75, 3.05) is 24.2 Å². The van der Waals surface area contributed by atoms with E-state index in [-0.39, 0.29) is 11.5 Å². The summed E-state index contributed by atoms with van der Waals surface area (Å²) in [5.74, 6) is 0.993. The maximum atomic E-state index is 12.4. The van der Waals surface area contributed by atoms with Crippen molar-refractivity contribution in [1.29, 1.82) is 0 Å². The minimum atomic E-state index is -0.0450. The molecule has 1 aromatic carbocycles. The maximum absolute atomic E-state index is 12.4. The van der Waals surface area contributed by atoms with E-state index in [0.29, 0.717) is 17.6 Å². The zero-order valence-electron chi connectivity index (χ0n) is 16.7. The van der Waals surface area contributed by atoms with Crippen molar-refractivity contribution in [3.8, 4) is 0 Å². The molecule has 4 rings (SSSR count). The zero-order chi connectivity index (χ0) is 20.5. The second kappa shape index (κ2) is 8.32. The molecule has 0 radical (unpaired) electrons. The number of benzene rings is 1. The Bertz CT molecular complexity index is 997. The molecule has 1 saturated heterocycles. The van der Waals surface area contributed by atoms with Gasteiger partial charge in [-0.15, -0.1) is 0 Å². The van der Waals surface area contributed by atoms with E-state index in [9.17, 15) is 9.59 Å². The van der Waals surface area contributed by atoms with Gasteiger partial charge in [0.15, 0.2) is 0 Å². The first kappa shape index (κ1) is 20.2. The third-order valence-corrected chi connectivity index (χ3v) is 7.09. The average molecular weight is 428 g/mol. The monoisotopic (exact) mass is 427 g/mol. The largest absolute Gasteiger partial charge is 0.356 e. The number of piperidine rings is 1. The van der Waals surface area contributed by atoms with Crippen LogP contribution in [0, 0.1) is 19.8 Å². The van der Waals surface area contributed by atoms with Gasteiger partial charge in [0.2, 0.25) is 5.91 Å². The van der Waals surface area contributed by atoms with Gasteiger partial charge in [0.25, 0.3) is 5.56 Å². The molecule has 2 aliphatic heterocycles. The Kier molecular flexibility index (Phi) is 5.79. The summed E-state index contributed by atoms with van der Waals surface area (Å²) in [6, 6.07) is 11.6. The molecule has 0 saturated carbocycles. The second-order valence-corrected chi connectivity index (χ2v) is 9.69. The lowest BCUT2D eigenvalue weighted by Gasteiger charge is -2.43. The van der Waals surface area contributed by atoms with Crippen molar-refractivity contribution in [2.45, 2.75) is 32.7 Å². The summed E-state index contributed by atoms with van der Waals surface area (Å²) >= 11 is 7.06. The molecule has 1 aromatic heterocycles. The third kappa shape index (κ3) is 4.56. The predicted molar refractivity (Wildman–Crippen MR) is 123 cm³/mol. The number of hydrogen-bond donors (Lipinski definition) is 1. The van der Waals surface area contributed by atoms with Crippen LogP contribution in [-0.2, 0) is 11.3 Å². The van der Waals surface area contributed by atoms with Gasteiger partial charge in [-0.25, -0.2) is 0 Å². The first-order valence-corrected chi connectivity index (χ1v) is 11.3.